The lowest BCUT2D eigenvalue weighted by Crippen LogP contribution is -2.37. The second kappa shape index (κ2) is 12.3. The van der Waals surface area contributed by atoms with E-state index in [4.69, 9.17) is 15.8 Å². The van der Waals surface area contributed by atoms with E-state index >= 15 is 0 Å². The summed E-state index contributed by atoms with van der Waals surface area (Å²) in [6.07, 6.45) is 6.42. The molecule has 10 heteroatoms. The average molecular weight is 449 g/mol. The summed E-state index contributed by atoms with van der Waals surface area (Å²) in [6, 6.07) is 3.31. The van der Waals surface area contributed by atoms with Crippen LogP contribution < -0.4 is 11.1 Å². The van der Waals surface area contributed by atoms with Crippen LogP contribution in [0.1, 0.15) is 36.9 Å². The smallest absolute Gasteiger partial charge is 0.320 e. The predicted octanol–water partition coefficient (Wildman–Crippen LogP) is 1.33. The minimum Gasteiger partial charge on any atom is -0.480 e. The lowest BCUT2D eigenvalue weighted by atomic mass is 10.1. The maximum absolute atomic E-state index is 11.5. The number of carbonyl (C=O) groups is 1. The van der Waals surface area contributed by atoms with Crippen molar-refractivity contribution in [1.82, 2.24) is 9.88 Å². The molecular weight excluding hydrogens is 416 g/mol. The fraction of sp³-hybridized carbons (Fsp3) is 0.684. The third-order valence-corrected chi connectivity index (χ3v) is 5.89. The molecule has 2 heterocycles. The van der Waals surface area contributed by atoms with E-state index in [1.807, 2.05) is 4.90 Å². The largest absolute Gasteiger partial charge is 0.480 e. The van der Waals surface area contributed by atoms with Crippen LogP contribution >= 0.6 is 12.4 Å². The van der Waals surface area contributed by atoms with Gasteiger partial charge in [-0.15, -0.1) is 12.4 Å². The fourth-order valence-corrected chi connectivity index (χ4v) is 3.81. The predicted molar refractivity (Wildman–Crippen MR) is 118 cm³/mol. The van der Waals surface area contributed by atoms with Crippen molar-refractivity contribution in [2.45, 2.75) is 44.6 Å². The van der Waals surface area contributed by atoms with Crippen LogP contribution in [0.25, 0.3) is 0 Å². The molecule has 0 aromatic carbocycles. The lowest BCUT2D eigenvalue weighted by Gasteiger charge is -2.23. The number of pyridine rings is 1. The summed E-state index contributed by atoms with van der Waals surface area (Å²) in [5.74, 6) is 0.0317. The van der Waals surface area contributed by atoms with Gasteiger partial charge in [0.15, 0.2) is 0 Å². The van der Waals surface area contributed by atoms with Crippen molar-refractivity contribution in [2.75, 3.05) is 43.5 Å². The highest BCUT2D eigenvalue weighted by Gasteiger charge is 2.15. The van der Waals surface area contributed by atoms with Gasteiger partial charge in [-0.3, -0.25) is 4.79 Å². The Kier molecular flexibility index (Phi) is 10.9. The van der Waals surface area contributed by atoms with Gasteiger partial charge < -0.3 is 21.1 Å². The number of carboxylic acid groups (broad SMARTS) is 1. The Morgan fingerprint density at radius 2 is 2.07 bits per heavy atom. The molecule has 1 aromatic heterocycles. The summed E-state index contributed by atoms with van der Waals surface area (Å²) in [6.45, 7) is 2.55. The van der Waals surface area contributed by atoms with Gasteiger partial charge in [0.25, 0.3) is 0 Å². The molecule has 1 aromatic rings. The Bertz CT molecular complexity index is 761. The molecule has 0 unspecified atom stereocenters. The van der Waals surface area contributed by atoms with Crippen LogP contribution in [-0.2, 0) is 27.5 Å². The van der Waals surface area contributed by atoms with E-state index in [2.05, 4.69) is 17.4 Å². The standard InChI is InChI=1S/C19H32N4O4S.ClH/c1-28(26,27)14-13-23(12-9-17(20)19(24)25)11-3-2-6-16-8-7-15-5-4-10-21-18(15)22-16;/h7-8,17H,2-6,9-14,20H2,1H3,(H,21,22)(H,24,25);1H/t17-;/m0./s1. The zero-order chi connectivity index (χ0) is 20.6. The van der Waals surface area contributed by atoms with Gasteiger partial charge in [0.05, 0.1) is 5.75 Å². The molecule has 0 saturated heterocycles. The Morgan fingerprint density at radius 3 is 2.76 bits per heavy atom. The fourth-order valence-electron chi connectivity index (χ4n) is 3.23. The summed E-state index contributed by atoms with van der Waals surface area (Å²) in [4.78, 5) is 17.6. The summed E-state index contributed by atoms with van der Waals surface area (Å²) < 4.78 is 22.9. The maximum Gasteiger partial charge on any atom is 0.320 e. The molecule has 1 aliphatic heterocycles. The summed E-state index contributed by atoms with van der Waals surface area (Å²) in [5, 5.41) is 12.3. The van der Waals surface area contributed by atoms with Gasteiger partial charge in [0, 0.05) is 31.6 Å². The molecular formula is C19H33ClN4O4S. The van der Waals surface area contributed by atoms with Crippen LogP contribution in [0, 0.1) is 0 Å². The molecule has 8 nitrogen and oxygen atoms in total. The van der Waals surface area contributed by atoms with Gasteiger partial charge in [0.2, 0.25) is 0 Å². The van der Waals surface area contributed by atoms with Gasteiger partial charge >= 0.3 is 5.97 Å². The molecule has 0 spiro atoms. The number of hydrogen-bond donors (Lipinski definition) is 3. The monoisotopic (exact) mass is 448 g/mol. The number of carboxylic acids is 1. The zero-order valence-electron chi connectivity index (χ0n) is 17.0. The van der Waals surface area contributed by atoms with Gasteiger partial charge in [-0.05, 0) is 56.7 Å². The van der Waals surface area contributed by atoms with Crippen LogP contribution in [0.4, 0.5) is 5.82 Å². The normalized spacial score (nSPS) is 14.6. The topological polar surface area (TPSA) is 126 Å². The summed E-state index contributed by atoms with van der Waals surface area (Å²) in [5.41, 5.74) is 7.91. The van der Waals surface area contributed by atoms with E-state index in [0.29, 0.717) is 26.1 Å². The van der Waals surface area contributed by atoms with Gasteiger partial charge in [-0.2, -0.15) is 0 Å². The Morgan fingerprint density at radius 1 is 1.31 bits per heavy atom. The van der Waals surface area contributed by atoms with Crippen LogP contribution in [0.2, 0.25) is 0 Å². The lowest BCUT2D eigenvalue weighted by molar-refractivity contribution is -0.138. The molecule has 0 bridgehead atoms. The number of unbranched alkanes of at least 4 members (excludes halogenated alkanes) is 1. The first-order valence-electron chi connectivity index (χ1n) is 9.86. The molecule has 29 heavy (non-hydrogen) atoms. The Balaban J connectivity index is 0.00000420. The first-order valence-corrected chi connectivity index (χ1v) is 11.9. The third-order valence-electron chi connectivity index (χ3n) is 4.96. The molecule has 1 atom stereocenters. The van der Waals surface area contributed by atoms with Crippen LogP contribution in [-0.4, -0.2) is 73.6 Å². The number of aromatic nitrogens is 1. The van der Waals surface area contributed by atoms with E-state index in [9.17, 15) is 13.2 Å². The van der Waals surface area contributed by atoms with Gasteiger partial charge in [-0.25, -0.2) is 13.4 Å². The molecule has 0 radical (unpaired) electrons. The highest BCUT2D eigenvalue weighted by Crippen LogP contribution is 2.20. The van der Waals surface area contributed by atoms with Crippen LogP contribution in [0.15, 0.2) is 12.1 Å². The van der Waals surface area contributed by atoms with Crippen molar-refractivity contribution < 1.29 is 18.3 Å². The number of hydrogen-bond acceptors (Lipinski definition) is 7. The highest BCUT2D eigenvalue weighted by atomic mass is 35.5. The number of fused-ring (bicyclic) bond motifs is 1. The van der Waals surface area contributed by atoms with Crippen LogP contribution in [0.3, 0.4) is 0 Å². The quantitative estimate of drug-likeness (QED) is 0.409. The number of rotatable bonds is 12. The number of aryl methyl sites for hydroxylation is 2. The van der Waals surface area contributed by atoms with Crippen molar-refractivity contribution >= 4 is 34.0 Å². The molecule has 0 saturated carbocycles. The maximum atomic E-state index is 11.5. The minimum absolute atomic E-state index is 0. The minimum atomic E-state index is -3.06. The van der Waals surface area contributed by atoms with Crippen molar-refractivity contribution in [2.24, 2.45) is 5.73 Å². The summed E-state index contributed by atoms with van der Waals surface area (Å²) in [7, 11) is -3.06. The van der Waals surface area contributed by atoms with Crippen molar-refractivity contribution in [3.63, 3.8) is 0 Å². The van der Waals surface area contributed by atoms with E-state index in [1.165, 1.54) is 11.8 Å². The molecule has 0 aliphatic carbocycles. The third kappa shape index (κ3) is 9.75. The number of sulfone groups is 1. The van der Waals surface area contributed by atoms with Crippen molar-refractivity contribution in [3.8, 4) is 0 Å². The number of aliphatic carboxylic acids is 1. The van der Waals surface area contributed by atoms with E-state index in [-0.39, 0.29) is 18.2 Å². The van der Waals surface area contributed by atoms with Crippen molar-refractivity contribution in [1.29, 1.82) is 0 Å². The zero-order valence-corrected chi connectivity index (χ0v) is 18.6. The van der Waals surface area contributed by atoms with E-state index < -0.39 is 21.8 Å². The molecule has 2 rings (SSSR count). The average Bonchev–Trinajstić information content (AvgIpc) is 2.65. The van der Waals surface area contributed by atoms with Crippen LogP contribution in [0.5, 0.6) is 0 Å². The van der Waals surface area contributed by atoms with Gasteiger partial charge in [0.1, 0.15) is 21.7 Å². The molecule has 4 N–H and O–H groups in total. The Labute approximate surface area is 179 Å². The first-order chi connectivity index (χ1) is 13.2. The van der Waals surface area contributed by atoms with Gasteiger partial charge in [-0.1, -0.05) is 6.07 Å². The van der Waals surface area contributed by atoms with E-state index in [0.717, 1.165) is 50.2 Å². The first kappa shape index (κ1) is 25.6. The van der Waals surface area contributed by atoms with Crippen molar-refractivity contribution in [3.05, 3.63) is 23.4 Å². The number of nitrogens with two attached hydrogens (primary N) is 1. The second-order valence-electron chi connectivity index (χ2n) is 7.50. The molecule has 166 valence electrons. The number of anilines is 1. The summed E-state index contributed by atoms with van der Waals surface area (Å²) >= 11 is 0. The number of nitrogens with zero attached hydrogens (tertiary/aromatic N) is 2. The number of nitrogens with one attached hydrogen (secondary N) is 1. The molecule has 0 amide bonds. The highest BCUT2D eigenvalue weighted by molar-refractivity contribution is 7.90. The second-order valence-corrected chi connectivity index (χ2v) is 9.76. The number of halogens is 1. The Hall–Kier alpha value is -1.42. The van der Waals surface area contributed by atoms with E-state index in [1.54, 1.807) is 0 Å². The molecule has 0 fully saturated rings. The SMILES string of the molecule is CS(=O)(=O)CCN(CCCCc1ccc2c(n1)NCCC2)CC[C@H](N)C(=O)O.Cl. The molecule has 1 aliphatic rings.